The molecule has 4 heterocycles. The first-order chi connectivity index (χ1) is 14.6. The van der Waals surface area contributed by atoms with E-state index in [2.05, 4.69) is 20.1 Å². The number of fused-ring (bicyclic) bond motifs is 1. The third kappa shape index (κ3) is 4.04. The van der Waals surface area contributed by atoms with Crippen molar-refractivity contribution in [3.05, 3.63) is 59.2 Å². The van der Waals surface area contributed by atoms with Crippen LogP contribution in [-0.4, -0.2) is 40.5 Å². The average molecular weight is 430 g/mol. The molecule has 0 aliphatic heterocycles. The minimum atomic E-state index is -4.56. The minimum Gasteiger partial charge on any atom is -0.392 e. The Hall–Kier alpha value is -3.60. The Balaban J connectivity index is 1.95. The molecule has 0 bridgehead atoms. The van der Waals surface area contributed by atoms with Crippen LogP contribution in [0.2, 0.25) is 0 Å². The Bertz CT molecular complexity index is 1310. The van der Waals surface area contributed by atoms with Crippen LogP contribution in [0.15, 0.2) is 47.9 Å². The quantitative estimate of drug-likeness (QED) is 0.535. The van der Waals surface area contributed by atoms with Gasteiger partial charge in [0.05, 0.1) is 36.3 Å². The molecule has 31 heavy (non-hydrogen) atoms. The van der Waals surface area contributed by atoms with Crippen molar-refractivity contribution in [2.24, 2.45) is 7.05 Å². The number of aromatic nitrogens is 6. The molecule has 4 rings (SSSR count). The van der Waals surface area contributed by atoms with Crippen LogP contribution in [0.1, 0.15) is 12.6 Å². The second kappa shape index (κ2) is 7.58. The Kier molecular flexibility index (Phi) is 5.05. The summed E-state index contributed by atoms with van der Waals surface area (Å²) >= 11 is 0. The van der Waals surface area contributed by atoms with Crippen LogP contribution in [0.4, 0.5) is 13.2 Å². The van der Waals surface area contributed by atoms with Gasteiger partial charge in [-0.2, -0.15) is 18.3 Å². The fraction of sp³-hybridized carbons (Fsp3) is 0.250. The lowest BCUT2D eigenvalue weighted by atomic mass is 10.1. The summed E-state index contributed by atoms with van der Waals surface area (Å²) in [5.74, 6) is 0. The summed E-state index contributed by atoms with van der Waals surface area (Å²) in [5, 5.41) is 14.0. The number of halogens is 3. The van der Waals surface area contributed by atoms with Gasteiger partial charge in [-0.3, -0.25) is 19.0 Å². The second-order valence-electron chi connectivity index (χ2n) is 7.14. The Morgan fingerprint density at radius 2 is 1.94 bits per heavy atom. The fourth-order valence-corrected chi connectivity index (χ4v) is 3.19. The van der Waals surface area contributed by atoms with E-state index in [4.69, 9.17) is 0 Å². The van der Waals surface area contributed by atoms with Crippen molar-refractivity contribution < 1.29 is 18.3 Å². The number of alkyl halides is 3. The summed E-state index contributed by atoms with van der Waals surface area (Å²) in [5.41, 5.74) is 0.427. The SMILES string of the molecule is C[C@@H](O)Cn1cnc2c(-c3cnn(C)c3)nc(-c3ccc(C(F)(F)F)nc3)cc2c1=O. The van der Waals surface area contributed by atoms with Gasteiger partial charge in [0.2, 0.25) is 0 Å². The fourth-order valence-electron chi connectivity index (χ4n) is 3.19. The maximum absolute atomic E-state index is 13.0. The number of rotatable bonds is 4. The van der Waals surface area contributed by atoms with Crippen LogP contribution >= 0.6 is 0 Å². The molecule has 0 radical (unpaired) electrons. The maximum atomic E-state index is 13.0. The lowest BCUT2D eigenvalue weighted by Gasteiger charge is -2.12. The third-order valence-electron chi connectivity index (χ3n) is 4.60. The maximum Gasteiger partial charge on any atom is 0.433 e. The number of nitrogens with zero attached hydrogens (tertiary/aromatic N) is 6. The van der Waals surface area contributed by atoms with E-state index in [-0.39, 0.29) is 17.6 Å². The van der Waals surface area contributed by atoms with E-state index in [1.54, 1.807) is 31.0 Å². The van der Waals surface area contributed by atoms with Gasteiger partial charge in [0.1, 0.15) is 16.9 Å². The van der Waals surface area contributed by atoms with Crippen LogP contribution in [0.25, 0.3) is 33.4 Å². The largest absolute Gasteiger partial charge is 0.433 e. The Morgan fingerprint density at radius 1 is 1.16 bits per heavy atom. The van der Waals surface area contributed by atoms with Crippen LogP contribution in [-0.2, 0) is 19.8 Å². The zero-order valence-corrected chi connectivity index (χ0v) is 16.5. The van der Waals surface area contributed by atoms with Crippen molar-refractivity contribution in [3.8, 4) is 22.5 Å². The predicted molar refractivity (Wildman–Crippen MR) is 106 cm³/mol. The van der Waals surface area contributed by atoms with E-state index in [0.29, 0.717) is 22.3 Å². The van der Waals surface area contributed by atoms with Gasteiger partial charge in [0, 0.05) is 30.6 Å². The van der Waals surface area contributed by atoms with Crippen molar-refractivity contribution in [1.29, 1.82) is 0 Å². The molecule has 0 aliphatic rings. The molecule has 1 N–H and O–H groups in total. The molecule has 4 aromatic heterocycles. The Morgan fingerprint density at radius 3 is 2.52 bits per heavy atom. The molecule has 160 valence electrons. The highest BCUT2D eigenvalue weighted by atomic mass is 19.4. The summed E-state index contributed by atoms with van der Waals surface area (Å²) < 4.78 is 41.4. The van der Waals surface area contributed by atoms with Crippen molar-refractivity contribution in [3.63, 3.8) is 0 Å². The topological polar surface area (TPSA) is 98.7 Å². The first-order valence-corrected chi connectivity index (χ1v) is 9.24. The summed E-state index contributed by atoms with van der Waals surface area (Å²) in [4.78, 5) is 25.4. The monoisotopic (exact) mass is 430 g/mol. The summed E-state index contributed by atoms with van der Waals surface area (Å²) in [6.45, 7) is 1.59. The van der Waals surface area contributed by atoms with Gasteiger partial charge in [0.15, 0.2) is 0 Å². The number of pyridine rings is 2. The van der Waals surface area contributed by atoms with E-state index in [9.17, 15) is 23.1 Å². The van der Waals surface area contributed by atoms with Gasteiger partial charge < -0.3 is 5.11 Å². The Labute approximate surface area is 173 Å². The van der Waals surface area contributed by atoms with Gasteiger partial charge >= 0.3 is 6.18 Å². The molecule has 11 heteroatoms. The predicted octanol–water partition coefficient (Wildman–Crippen LogP) is 2.65. The molecular formula is C20H17F3N6O2. The number of aliphatic hydroxyl groups excluding tert-OH is 1. The number of aliphatic hydroxyl groups is 1. The van der Waals surface area contributed by atoms with Gasteiger partial charge in [-0.15, -0.1) is 0 Å². The van der Waals surface area contributed by atoms with Gasteiger partial charge in [-0.1, -0.05) is 0 Å². The first kappa shape index (κ1) is 20.7. The highest BCUT2D eigenvalue weighted by molar-refractivity contribution is 5.93. The van der Waals surface area contributed by atoms with Crippen LogP contribution in [0.5, 0.6) is 0 Å². The average Bonchev–Trinajstić information content (AvgIpc) is 3.15. The van der Waals surface area contributed by atoms with Crippen LogP contribution in [0, 0.1) is 0 Å². The molecule has 0 aliphatic carbocycles. The number of hydrogen-bond donors (Lipinski definition) is 1. The summed E-state index contributed by atoms with van der Waals surface area (Å²) in [6.07, 6.45) is 0.316. The van der Waals surface area contributed by atoms with E-state index in [1.165, 1.54) is 23.0 Å². The number of hydrogen-bond acceptors (Lipinski definition) is 6. The van der Waals surface area contributed by atoms with E-state index in [0.717, 1.165) is 12.3 Å². The molecule has 1 atom stereocenters. The summed E-state index contributed by atoms with van der Waals surface area (Å²) in [7, 11) is 1.72. The lowest BCUT2D eigenvalue weighted by molar-refractivity contribution is -0.141. The lowest BCUT2D eigenvalue weighted by Crippen LogP contribution is -2.25. The van der Waals surface area contributed by atoms with Gasteiger partial charge in [-0.05, 0) is 25.1 Å². The van der Waals surface area contributed by atoms with Crippen LogP contribution in [0.3, 0.4) is 0 Å². The van der Waals surface area contributed by atoms with Gasteiger partial charge in [0.25, 0.3) is 5.56 Å². The molecule has 0 saturated carbocycles. The van der Waals surface area contributed by atoms with Gasteiger partial charge in [-0.25, -0.2) is 9.97 Å². The molecule has 4 aromatic rings. The minimum absolute atomic E-state index is 0.0451. The molecule has 0 aromatic carbocycles. The van der Waals surface area contributed by atoms with E-state index in [1.807, 2.05) is 0 Å². The number of aryl methyl sites for hydroxylation is 1. The zero-order valence-electron chi connectivity index (χ0n) is 16.5. The van der Waals surface area contributed by atoms with Crippen molar-refractivity contribution >= 4 is 10.9 Å². The molecule has 0 unspecified atom stereocenters. The molecule has 0 spiro atoms. The standard InChI is InChI=1S/C20H17F3N6O2/c1-11(30)8-29-10-25-18-14(19(29)31)5-15(27-17(18)13-7-26-28(2)9-13)12-3-4-16(24-6-12)20(21,22)23/h3-7,9-11,30H,8H2,1-2H3/t11-/m1/s1. The smallest absolute Gasteiger partial charge is 0.392 e. The molecule has 0 saturated heterocycles. The first-order valence-electron chi connectivity index (χ1n) is 9.24. The normalized spacial score (nSPS) is 13.0. The zero-order chi connectivity index (χ0) is 22.3. The van der Waals surface area contributed by atoms with Crippen molar-refractivity contribution in [2.75, 3.05) is 0 Å². The van der Waals surface area contributed by atoms with E-state index < -0.39 is 23.5 Å². The second-order valence-corrected chi connectivity index (χ2v) is 7.14. The molecule has 0 fully saturated rings. The van der Waals surface area contributed by atoms with Crippen molar-refractivity contribution in [1.82, 2.24) is 29.3 Å². The molecule has 8 nitrogen and oxygen atoms in total. The molecular weight excluding hydrogens is 413 g/mol. The van der Waals surface area contributed by atoms with E-state index >= 15 is 0 Å². The highest BCUT2D eigenvalue weighted by Gasteiger charge is 2.32. The third-order valence-corrected chi connectivity index (χ3v) is 4.60. The van der Waals surface area contributed by atoms with Crippen LogP contribution < -0.4 is 5.56 Å². The summed E-state index contributed by atoms with van der Waals surface area (Å²) in [6, 6.07) is 3.58. The highest BCUT2D eigenvalue weighted by Crippen LogP contribution is 2.31. The molecule has 0 amide bonds. The van der Waals surface area contributed by atoms with Crippen molar-refractivity contribution in [2.45, 2.75) is 25.7 Å².